The third-order valence-electron chi connectivity index (χ3n) is 9.64. The number of halogens is 3. The second-order valence-electron chi connectivity index (χ2n) is 10.8. The zero-order valence-electron chi connectivity index (χ0n) is 19.3. The lowest BCUT2D eigenvalue weighted by atomic mass is 9.45. The predicted molar refractivity (Wildman–Crippen MR) is 126 cm³/mol. The van der Waals surface area contributed by atoms with Gasteiger partial charge in [0.25, 0.3) is 0 Å². The number of esters is 1. The van der Waals surface area contributed by atoms with Crippen LogP contribution in [-0.4, -0.2) is 39.3 Å². The molecule has 0 N–H and O–H groups in total. The third kappa shape index (κ3) is 2.91. The van der Waals surface area contributed by atoms with Crippen LogP contribution in [0.4, 0.5) is 0 Å². The Kier molecular flexibility index (Phi) is 6.12. The third-order valence-corrected chi connectivity index (χ3v) is 11.5. The second kappa shape index (κ2) is 7.99. The maximum absolute atomic E-state index is 13.4. The number of allylic oxidation sites excluding steroid dienone is 1. The Morgan fingerprint density at radius 3 is 2.53 bits per heavy atom. The first kappa shape index (κ1) is 24.5. The largest absolute Gasteiger partial charge is 0.450 e. The van der Waals surface area contributed by atoms with Crippen LogP contribution >= 0.6 is 34.8 Å². The molecule has 0 aliphatic heterocycles. The van der Waals surface area contributed by atoms with Crippen molar-refractivity contribution in [3.05, 3.63) is 11.6 Å². The molecule has 0 bridgehead atoms. The molecule has 0 aromatic rings. The average Bonchev–Trinajstić information content (AvgIpc) is 2.96. The number of alkyl halides is 3. The highest BCUT2D eigenvalue weighted by Crippen LogP contribution is 2.73. The molecule has 0 radical (unpaired) electrons. The first-order valence-electron chi connectivity index (χ1n) is 11.8. The van der Waals surface area contributed by atoms with E-state index in [-0.39, 0.29) is 47.0 Å². The standard InChI is InChI=1S/C25H33Cl3O4/c1-5-21(31)32-25(20(30)13-26)14(2)10-18-17-7-6-15-11-16(29)8-9-22(15,3)24(17,28)19(27)12-23(18,25)4/h11,14,17-19H,5-10,12-13H2,1-4H3/t14?,17-,18-,19?,22-,23-,24-,25-/m0/s1. The Balaban J connectivity index is 1.84. The fourth-order valence-electron chi connectivity index (χ4n) is 8.04. The van der Waals surface area contributed by atoms with Gasteiger partial charge in [0.15, 0.2) is 17.2 Å². The highest BCUT2D eigenvalue weighted by atomic mass is 35.5. The number of fused-ring (bicyclic) bond motifs is 5. The van der Waals surface area contributed by atoms with Crippen LogP contribution in [0.2, 0.25) is 0 Å². The monoisotopic (exact) mass is 502 g/mol. The van der Waals surface area contributed by atoms with E-state index in [0.29, 0.717) is 19.3 Å². The van der Waals surface area contributed by atoms with Gasteiger partial charge in [-0.25, -0.2) is 0 Å². The van der Waals surface area contributed by atoms with Gasteiger partial charge in [-0.3, -0.25) is 14.4 Å². The number of rotatable bonds is 4. The van der Waals surface area contributed by atoms with Crippen LogP contribution in [0.1, 0.15) is 72.6 Å². The van der Waals surface area contributed by atoms with Crippen molar-refractivity contribution in [1.29, 1.82) is 0 Å². The van der Waals surface area contributed by atoms with Crippen LogP contribution in [0.3, 0.4) is 0 Å². The van der Waals surface area contributed by atoms with Gasteiger partial charge in [-0.2, -0.15) is 0 Å². The minimum Gasteiger partial charge on any atom is -0.450 e. The molecular weight excluding hydrogens is 471 g/mol. The fourth-order valence-corrected chi connectivity index (χ4v) is 9.52. The molecule has 32 heavy (non-hydrogen) atoms. The minimum absolute atomic E-state index is 0.0496. The summed E-state index contributed by atoms with van der Waals surface area (Å²) in [4.78, 5) is 37.4. The normalized spacial score (nSPS) is 47.7. The van der Waals surface area contributed by atoms with E-state index in [4.69, 9.17) is 39.5 Å². The number of ether oxygens (including phenoxy) is 1. The summed E-state index contributed by atoms with van der Waals surface area (Å²) in [5.41, 5.74) is -1.21. The van der Waals surface area contributed by atoms with Crippen molar-refractivity contribution >= 4 is 52.3 Å². The molecule has 4 rings (SSSR count). The van der Waals surface area contributed by atoms with Crippen LogP contribution in [0.25, 0.3) is 0 Å². The van der Waals surface area contributed by atoms with E-state index in [1.165, 1.54) is 0 Å². The number of carbonyl (C=O) groups is 3. The van der Waals surface area contributed by atoms with Crippen LogP contribution in [0, 0.1) is 28.6 Å². The summed E-state index contributed by atoms with van der Waals surface area (Å²) in [6.07, 6.45) is 5.95. The minimum atomic E-state index is -1.29. The summed E-state index contributed by atoms with van der Waals surface area (Å²) in [5, 5.41) is -0.439. The van der Waals surface area contributed by atoms with Crippen molar-refractivity contribution in [3.8, 4) is 0 Å². The van der Waals surface area contributed by atoms with Crippen LogP contribution < -0.4 is 0 Å². The molecule has 0 spiro atoms. The molecule has 0 aromatic carbocycles. The fraction of sp³-hybridized carbons (Fsp3) is 0.800. The van der Waals surface area contributed by atoms with Gasteiger partial charge in [0.1, 0.15) is 0 Å². The maximum Gasteiger partial charge on any atom is 0.306 e. The van der Waals surface area contributed by atoms with E-state index in [0.717, 1.165) is 24.8 Å². The zero-order chi connectivity index (χ0) is 23.7. The van der Waals surface area contributed by atoms with Crippen molar-refractivity contribution in [3.63, 3.8) is 0 Å². The average molecular weight is 504 g/mol. The van der Waals surface area contributed by atoms with Gasteiger partial charge in [0.2, 0.25) is 0 Å². The maximum atomic E-state index is 13.4. The Labute approximate surface area is 205 Å². The van der Waals surface area contributed by atoms with Crippen LogP contribution in [0.5, 0.6) is 0 Å². The molecule has 3 fully saturated rings. The van der Waals surface area contributed by atoms with Gasteiger partial charge >= 0.3 is 5.97 Å². The van der Waals surface area contributed by atoms with Gasteiger partial charge in [-0.05, 0) is 50.0 Å². The van der Waals surface area contributed by atoms with E-state index in [1.807, 2.05) is 6.92 Å². The molecule has 0 aromatic heterocycles. The number of carbonyl (C=O) groups excluding carboxylic acids is 3. The van der Waals surface area contributed by atoms with Gasteiger partial charge in [-0.15, -0.1) is 34.8 Å². The Hall–Kier alpha value is -0.580. The summed E-state index contributed by atoms with van der Waals surface area (Å²) < 4.78 is 6.06. The Morgan fingerprint density at radius 2 is 1.91 bits per heavy atom. The smallest absolute Gasteiger partial charge is 0.306 e. The first-order chi connectivity index (χ1) is 14.9. The molecule has 7 heteroatoms. The molecule has 0 heterocycles. The number of ketones is 2. The molecule has 2 unspecified atom stereocenters. The van der Waals surface area contributed by atoms with Crippen LogP contribution in [0.15, 0.2) is 11.6 Å². The predicted octanol–water partition coefficient (Wildman–Crippen LogP) is 5.84. The van der Waals surface area contributed by atoms with Crippen molar-refractivity contribution in [1.82, 2.24) is 0 Å². The summed E-state index contributed by atoms with van der Waals surface area (Å²) in [7, 11) is 0. The summed E-state index contributed by atoms with van der Waals surface area (Å²) >= 11 is 20.9. The lowest BCUT2D eigenvalue weighted by molar-refractivity contribution is -0.192. The summed E-state index contributed by atoms with van der Waals surface area (Å²) in [6.45, 7) is 7.94. The molecule has 3 saturated carbocycles. The Morgan fingerprint density at radius 1 is 1.22 bits per heavy atom. The van der Waals surface area contributed by atoms with Crippen molar-refractivity contribution < 1.29 is 19.1 Å². The zero-order valence-corrected chi connectivity index (χ0v) is 21.6. The van der Waals surface area contributed by atoms with E-state index in [2.05, 4.69) is 13.8 Å². The highest BCUT2D eigenvalue weighted by molar-refractivity contribution is 6.34. The number of hydrogen-bond donors (Lipinski definition) is 0. The van der Waals surface area contributed by atoms with Crippen LogP contribution in [-0.2, 0) is 19.1 Å². The summed E-state index contributed by atoms with van der Waals surface area (Å²) in [5.74, 6) is -0.741. The second-order valence-corrected chi connectivity index (χ2v) is 12.3. The topological polar surface area (TPSA) is 60.4 Å². The Bertz CT molecular complexity index is 886. The van der Waals surface area contributed by atoms with Crippen molar-refractivity contribution in [2.45, 2.75) is 88.5 Å². The molecule has 4 aliphatic rings. The molecule has 0 saturated heterocycles. The quantitative estimate of drug-likeness (QED) is 0.357. The van der Waals surface area contributed by atoms with E-state index < -0.39 is 27.2 Å². The molecule has 8 atom stereocenters. The number of hydrogen-bond acceptors (Lipinski definition) is 4. The molecule has 178 valence electrons. The lowest BCUT2D eigenvalue weighted by Crippen LogP contribution is -2.68. The van der Waals surface area contributed by atoms with Crippen molar-refractivity contribution in [2.75, 3.05) is 5.88 Å². The molecular formula is C25H33Cl3O4. The van der Waals surface area contributed by atoms with Gasteiger partial charge in [-0.1, -0.05) is 33.3 Å². The van der Waals surface area contributed by atoms with E-state index in [9.17, 15) is 14.4 Å². The molecule has 4 nitrogen and oxygen atoms in total. The van der Waals surface area contributed by atoms with Gasteiger partial charge in [0.05, 0.1) is 16.1 Å². The summed E-state index contributed by atoms with van der Waals surface area (Å²) in [6, 6.07) is 0. The molecule has 4 aliphatic carbocycles. The lowest BCUT2D eigenvalue weighted by Gasteiger charge is -2.65. The van der Waals surface area contributed by atoms with Gasteiger partial charge < -0.3 is 4.74 Å². The first-order valence-corrected chi connectivity index (χ1v) is 13.1. The highest BCUT2D eigenvalue weighted by Gasteiger charge is 2.76. The van der Waals surface area contributed by atoms with E-state index in [1.54, 1.807) is 13.0 Å². The SMILES string of the molecule is CCC(=O)O[C@]1(C(=O)CCl)C(C)C[C@H]2[C@@H]3CCC4=CC(=O)CC[C@]4(C)[C@@]3(Cl)C(Cl)C[C@@]21C. The number of Topliss-reactive ketones (excluding diaryl/α,β-unsaturated/α-hetero) is 1. The van der Waals surface area contributed by atoms with E-state index >= 15 is 0 Å². The van der Waals surface area contributed by atoms with Gasteiger partial charge in [0, 0.05) is 29.6 Å². The van der Waals surface area contributed by atoms with Crippen molar-refractivity contribution in [2.24, 2.45) is 28.6 Å². The molecule has 0 amide bonds.